The summed E-state index contributed by atoms with van der Waals surface area (Å²) in [6.45, 7) is 44.0. The van der Waals surface area contributed by atoms with Crippen molar-refractivity contribution in [2.24, 2.45) is 47.3 Å². The van der Waals surface area contributed by atoms with E-state index >= 15 is 0 Å². The molecule has 8 nitrogen and oxygen atoms in total. The smallest absolute Gasteiger partial charge is 0.333 e. The Morgan fingerprint density at radius 2 is 0.924 bits per heavy atom. The molecule has 0 aromatic rings. The number of esters is 4. The molecule has 0 radical (unpaired) electrons. The van der Waals surface area contributed by atoms with E-state index in [0.717, 1.165) is 114 Å². The van der Waals surface area contributed by atoms with Crippen LogP contribution in [0.1, 0.15) is 225 Å². The molecule has 380 valence electrons. The Morgan fingerprint density at radius 3 is 1.24 bits per heavy atom. The molecule has 4 saturated carbocycles. The molecule has 4 fully saturated rings. The van der Waals surface area contributed by atoms with Crippen molar-refractivity contribution >= 4 is 23.9 Å². The summed E-state index contributed by atoms with van der Waals surface area (Å²) in [5.41, 5.74) is 0.0182. The third-order valence-electron chi connectivity index (χ3n) is 16.7. The van der Waals surface area contributed by atoms with Gasteiger partial charge >= 0.3 is 23.9 Å². The van der Waals surface area contributed by atoms with Crippen molar-refractivity contribution in [2.75, 3.05) is 0 Å². The number of carbonyl (C=O) groups excluding carboxylic acids is 4. The number of ether oxygens (including phenoxy) is 4. The molecule has 4 unspecified atom stereocenters. The maximum absolute atomic E-state index is 11.7. The van der Waals surface area contributed by atoms with E-state index in [1.807, 2.05) is 0 Å². The highest BCUT2D eigenvalue weighted by atomic mass is 16.6. The van der Waals surface area contributed by atoms with Gasteiger partial charge in [0.1, 0.15) is 22.4 Å². The summed E-state index contributed by atoms with van der Waals surface area (Å²) in [4.78, 5) is 46.4. The first-order valence-electron chi connectivity index (χ1n) is 26.4. The van der Waals surface area contributed by atoms with Crippen LogP contribution in [0, 0.1) is 47.3 Å². The van der Waals surface area contributed by atoms with Crippen LogP contribution < -0.4 is 0 Å². The highest BCUT2D eigenvalue weighted by Crippen LogP contribution is 2.45. The molecule has 0 aliphatic heterocycles. The third-order valence-corrected chi connectivity index (χ3v) is 16.7. The first-order chi connectivity index (χ1) is 30.9. The lowest BCUT2D eigenvalue weighted by Gasteiger charge is -2.46. The van der Waals surface area contributed by atoms with Gasteiger partial charge in [-0.15, -0.1) is 0 Å². The Balaban J connectivity index is 0.000000441. The predicted octanol–water partition coefficient (Wildman–Crippen LogP) is 15.6. The Labute approximate surface area is 405 Å². The topological polar surface area (TPSA) is 105 Å². The molecule has 8 heteroatoms. The zero-order chi connectivity index (χ0) is 50.5. The highest BCUT2D eigenvalue weighted by Gasteiger charge is 2.46. The second kappa shape index (κ2) is 29.0. The lowest BCUT2D eigenvalue weighted by molar-refractivity contribution is -0.175. The molecule has 66 heavy (non-hydrogen) atoms. The van der Waals surface area contributed by atoms with Crippen molar-refractivity contribution in [1.82, 2.24) is 0 Å². The summed E-state index contributed by atoms with van der Waals surface area (Å²) >= 11 is 0. The zero-order valence-electron chi connectivity index (χ0n) is 45.0. The number of hydrogen-bond acceptors (Lipinski definition) is 8. The molecule has 0 heterocycles. The van der Waals surface area contributed by atoms with E-state index in [2.05, 4.69) is 109 Å². The van der Waals surface area contributed by atoms with Gasteiger partial charge in [-0.1, -0.05) is 129 Å². The van der Waals surface area contributed by atoms with Gasteiger partial charge in [-0.2, -0.15) is 0 Å². The standard InChI is InChI=1S/C16H28O2.3C14H24O2/c1-5-8-14-9-11-16(12-10-14,13(4)6-2)18-15(17)7-3;1-10(2)13(15)16-14(11(3)4)8-6-12(5)7-9-14;1-6-14(16-13(15)10(2)3)11(4)8-7-9-12(14)5;1-5-12(4)14(16-13(15)6-2)9-7-11(3)8-10-14/h7,13-14H,3,5-6,8-12H2,1-2,4H3;11-12H,1,6-9H2,2-5H3;11-12H,2,6-9H2,1,3-5H3;6,11-12H,2,5,7-10H2,1,3-4H3. The van der Waals surface area contributed by atoms with E-state index in [4.69, 9.17) is 18.9 Å². The molecule has 0 aromatic heterocycles. The fraction of sp³-hybridized carbons (Fsp3) is 0.793. The maximum atomic E-state index is 11.7. The summed E-state index contributed by atoms with van der Waals surface area (Å²) < 4.78 is 22.9. The first-order valence-corrected chi connectivity index (χ1v) is 26.4. The quantitative estimate of drug-likeness (QED) is 0.0856. The number of hydrogen-bond donors (Lipinski definition) is 0. The van der Waals surface area contributed by atoms with E-state index in [9.17, 15) is 19.2 Å². The second-order valence-electron chi connectivity index (χ2n) is 21.7. The second-order valence-corrected chi connectivity index (χ2v) is 21.7. The Kier molecular flexibility index (Phi) is 26.7. The van der Waals surface area contributed by atoms with Crippen LogP contribution in [0.5, 0.6) is 0 Å². The van der Waals surface area contributed by atoms with Gasteiger partial charge in [-0.3, -0.25) is 0 Å². The molecule has 0 spiro atoms. The molecular weight excluding hydrogens is 825 g/mol. The third kappa shape index (κ3) is 17.7. The average molecular weight is 925 g/mol. The number of rotatable bonds is 16. The van der Waals surface area contributed by atoms with Crippen LogP contribution in [0.3, 0.4) is 0 Å². The molecule has 4 atom stereocenters. The lowest BCUT2D eigenvalue weighted by Crippen LogP contribution is -2.49. The Hall–Kier alpha value is -3.16. The molecule has 0 bridgehead atoms. The monoisotopic (exact) mass is 925 g/mol. The first kappa shape index (κ1) is 60.9. The van der Waals surface area contributed by atoms with Crippen molar-refractivity contribution in [1.29, 1.82) is 0 Å². The fourth-order valence-corrected chi connectivity index (χ4v) is 11.0. The van der Waals surface area contributed by atoms with Crippen LogP contribution in [-0.2, 0) is 38.1 Å². The summed E-state index contributed by atoms with van der Waals surface area (Å²) in [5, 5.41) is 0. The van der Waals surface area contributed by atoms with Crippen LogP contribution >= 0.6 is 0 Å². The minimum atomic E-state index is -0.270. The van der Waals surface area contributed by atoms with Crippen molar-refractivity contribution in [3.63, 3.8) is 0 Å². The van der Waals surface area contributed by atoms with E-state index < -0.39 is 0 Å². The molecule has 4 aliphatic rings. The van der Waals surface area contributed by atoms with Crippen LogP contribution in [0.25, 0.3) is 0 Å². The molecule has 0 amide bonds. The SMILES string of the molecule is C=C(C)C(=O)OC1(C(C)C)CCC(C)CC1.C=C(C)C(=O)OC1(CC)C(C)CCCC1C.C=CC(=O)OC1(C(C)CC)CCC(C)CC1.C=CC(=O)OC1(C(C)CC)CCC(CCC)CC1. The normalized spacial score (nSPS) is 31.5. The Bertz CT molecular complexity index is 1520. The van der Waals surface area contributed by atoms with E-state index in [-0.39, 0.29) is 46.3 Å². The van der Waals surface area contributed by atoms with Crippen LogP contribution in [0.2, 0.25) is 0 Å². The summed E-state index contributed by atoms with van der Waals surface area (Å²) in [5.74, 6) is 3.50. The van der Waals surface area contributed by atoms with Crippen molar-refractivity contribution in [3.05, 3.63) is 49.6 Å². The largest absolute Gasteiger partial charge is 0.456 e. The molecular formula is C58H100O8. The summed E-state index contributed by atoms with van der Waals surface area (Å²) in [6.07, 6.45) is 24.8. The van der Waals surface area contributed by atoms with Gasteiger partial charge in [-0.05, 0) is 170 Å². The number of carbonyl (C=O) groups is 4. The van der Waals surface area contributed by atoms with Crippen LogP contribution in [-0.4, -0.2) is 46.3 Å². The molecule has 0 saturated heterocycles. The van der Waals surface area contributed by atoms with Crippen LogP contribution in [0.15, 0.2) is 49.6 Å². The van der Waals surface area contributed by atoms with Crippen molar-refractivity contribution in [2.45, 2.75) is 248 Å². The van der Waals surface area contributed by atoms with Gasteiger partial charge in [0.25, 0.3) is 0 Å². The van der Waals surface area contributed by atoms with Gasteiger partial charge in [0.15, 0.2) is 0 Å². The summed E-state index contributed by atoms with van der Waals surface area (Å²) in [6, 6.07) is 0. The van der Waals surface area contributed by atoms with Gasteiger partial charge in [0, 0.05) is 23.3 Å². The molecule has 0 aromatic carbocycles. The van der Waals surface area contributed by atoms with E-state index in [1.54, 1.807) is 13.8 Å². The van der Waals surface area contributed by atoms with Crippen molar-refractivity contribution < 1.29 is 38.1 Å². The molecule has 4 aliphatic carbocycles. The van der Waals surface area contributed by atoms with Crippen LogP contribution in [0.4, 0.5) is 0 Å². The van der Waals surface area contributed by atoms with E-state index in [0.29, 0.717) is 40.7 Å². The lowest BCUT2D eigenvalue weighted by atomic mass is 9.68. The predicted molar refractivity (Wildman–Crippen MR) is 274 cm³/mol. The van der Waals surface area contributed by atoms with Gasteiger partial charge in [0.2, 0.25) is 0 Å². The minimum Gasteiger partial charge on any atom is -0.456 e. The average Bonchev–Trinajstić information content (AvgIpc) is 3.29. The maximum Gasteiger partial charge on any atom is 0.333 e. The van der Waals surface area contributed by atoms with Gasteiger partial charge < -0.3 is 18.9 Å². The van der Waals surface area contributed by atoms with Gasteiger partial charge in [-0.25, -0.2) is 19.2 Å². The minimum absolute atomic E-state index is 0.230. The van der Waals surface area contributed by atoms with Crippen molar-refractivity contribution in [3.8, 4) is 0 Å². The van der Waals surface area contributed by atoms with Gasteiger partial charge in [0.05, 0.1) is 0 Å². The fourth-order valence-electron chi connectivity index (χ4n) is 11.0. The van der Waals surface area contributed by atoms with E-state index in [1.165, 1.54) is 44.3 Å². The molecule has 0 N–H and O–H groups in total. The molecule has 4 rings (SSSR count). The summed E-state index contributed by atoms with van der Waals surface area (Å²) in [7, 11) is 0. The highest BCUT2D eigenvalue weighted by molar-refractivity contribution is 5.87. The Morgan fingerprint density at radius 1 is 0.561 bits per heavy atom. The zero-order valence-corrected chi connectivity index (χ0v) is 45.0.